The first-order chi connectivity index (χ1) is 9.44. The van der Waals surface area contributed by atoms with Crippen molar-refractivity contribution >= 4 is 5.78 Å². The van der Waals surface area contributed by atoms with Crippen molar-refractivity contribution in [3.05, 3.63) is 0 Å². The number of piperidine rings is 1. The highest BCUT2D eigenvalue weighted by Crippen LogP contribution is 2.67. The van der Waals surface area contributed by atoms with Crippen LogP contribution in [0.4, 0.5) is 0 Å². The largest absolute Gasteiger partial charge is 0.381 e. The molecule has 20 heavy (non-hydrogen) atoms. The van der Waals surface area contributed by atoms with Crippen LogP contribution in [0.3, 0.4) is 0 Å². The molecule has 0 aromatic carbocycles. The van der Waals surface area contributed by atoms with Crippen molar-refractivity contribution in [1.82, 2.24) is 4.90 Å². The predicted molar refractivity (Wildman–Crippen MR) is 73.9 cm³/mol. The Labute approximate surface area is 120 Å². The zero-order valence-corrected chi connectivity index (χ0v) is 12.3. The minimum atomic E-state index is -1.28. The molecule has 2 bridgehead atoms. The average Bonchev–Trinajstić information content (AvgIpc) is 2.56. The molecule has 2 N–H and O–H groups in total. The Kier molecular flexibility index (Phi) is 2.54. The molecule has 4 fully saturated rings. The van der Waals surface area contributed by atoms with Gasteiger partial charge in [-0.2, -0.15) is 0 Å². The van der Waals surface area contributed by atoms with Gasteiger partial charge in [0.05, 0.1) is 5.41 Å². The second-order valence-corrected chi connectivity index (χ2v) is 7.71. The number of carbonyl (C=O) groups excluding carboxylic acids is 1. The third-order valence-electron chi connectivity index (χ3n) is 6.85. The summed E-state index contributed by atoms with van der Waals surface area (Å²) >= 11 is 0. The molecule has 1 spiro atoms. The molecule has 2 heterocycles. The normalized spacial score (nSPS) is 58.1. The van der Waals surface area contributed by atoms with Gasteiger partial charge in [-0.15, -0.1) is 0 Å². The Balaban J connectivity index is 1.95. The van der Waals surface area contributed by atoms with Gasteiger partial charge in [0.1, 0.15) is 11.3 Å². The number of nitrogens with zero attached hydrogens (tertiary/aromatic N) is 1. The summed E-state index contributed by atoms with van der Waals surface area (Å²) in [5, 5.41) is 22.9. The van der Waals surface area contributed by atoms with Gasteiger partial charge in [-0.25, -0.2) is 0 Å². The van der Waals surface area contributed by atoms with Crippen LogP contribution in [-0.2, 0) is 4.79 Å². The minimum absolute atomic E-state index is 0.00113. The predicted octanol–water partition coefficient (Wildman–Crippen LogP) is 1.30. The maximum atomic E-state index is 12.6. The van der Waals surface area contributed by atoms with E-state index in [-0.39, 0.29) is 11.7 Å². The highest BCUT2D eigenvalue weighted by atomic mass is 16.3. The number of hydrogen-bond donors (Lipinski definition) is 2. The summed E-state index contributed by atoms with van der Waals surface area (Å²) in [4.78, 5) is 14.8. The molecule has 0 amide bonds. The SMILES string of the molecule is CC1CC2CC(=O)[C@@]3(O)CCCN4CCCC23C4(O)C1. The van der Waals surface area contributed by atoms with E-state index in [0.717, 1.165) is 38.8 Å². The van der Waals surface area contributed by atoms with E-state index in [1.54, 1.807) is 0 Å². The van der Waals surface area contributed by atoms with Crippen molar-refractivity contribution in [3.63, 3.8) is 0 Å². The molecule has 4 heteroatoms. The summed E-state index contributed by atoms with van der Waals surface area (Å²) in [5.74, 6) is 0.584. The Hall–Kier alpha value is -0.450. The first kappa shape index (κ1) is 13.2. The molecule has 2 aliphatic heterocycles. The van der Waals surface area contributed by atoms with Gasteiger partial charge >= 0.3 is 0 Å². The van der Waals surface area contributed by atoms with Crippen LogP contribution in [0.1, 0.15) is 51.9 Å². The number of carbonyl (C=O) groups is 1. The standard InChI is InChI=1S/C16H25NO3/c1-11-8-12-9-13(18)15(19)5-3-7-17-6-2-4-14(12,15)16(17,20)10-11/h11-12,19-20H,2-10H2,1H3/t11?,12?,14?,15-,16?/m0/s1. The average molecular weight is 279 g/mol. The molecule has 4 aliphatic rings. The van der Waals surface area contributed by atoms with Crippen molar-refractivity contribution < 1.29 is 15.0 Å². The second kappa shape index (κ2) is 3.84. The summed E-state index contributed by atoms with van der Waals surface area (Å²) < 4.78 is 0. The highest BCUT2D eigenvalue weighted by Gasteiger charge is 2.76. The molecule has 5 unspecified atom stereocenters. The van der Waals surface area contributed by atoms with Crippen LogP contribution in [0.25, 0.3) is 0 Å². The molecule has 0 aromatic heterocycles. The lowest BCUT2D eigenvalue weighted by molar-refractivity contribution is -0.292. The van der Waals surface area contributed by atoms with E-state index in [1.165, 1.54) is 0 Å². The number of ketones is 1. The molecule has 112 valence electrons. The fourth-order valence-electron chi connectivity index (χ4n) is 6.27. The van der Waals surface area contributed by atoms with Gasteiger partial charge in [-0.3, -0.25) is 9.69 Å². The smallest absolute Gasteiger partial charge is 0.165 e. The van der Waals surface area contributed by atoms with E-state index in [0.29, 0.717) is 25.2 Å². The Bertz CT molecular complexity index is 467. The van der Waals surface area contributed by atoms with Crippen LogP contribution in [0.5, 0.6) is 0 Å². The molecule has 2 aliphatic carbocycles. The number of rotatable bonds is 0. The van der Waals surface area contributed by atoms with Crippen molar-refractivity contribution in [2.24, 2.45) is 17.3 Å². The van der Waals surface area contributed by atoms with E-state index in [1.807, 2.05) is 0 Å². The van der Waals surface area contributed by atoms with Crippen molar-refractivity contribution in [2.75, 3.05) is 13.1 Å². The van der Waals surface area contributed by atoms with E-state index < -0.39 is 16.7 Å². The topological polar surface area (TPSA) is 60.8 Å². The Morgan fingerprint density at radius 1 is 1.20 bits per heavy atom. The molecular weight excluding hydrogens is 254 g/mol. The van der Waals surface area contributed by atoms with Gasteiger partial charge in [-0.1, -0.05) is 6.92 Å². The van der Waals surface area contributed by atoms with Crippen LogP contribution in [-0.4, -0.2) is 45.3 Å². The zero-order chi connectivity index (χ0) is 14.2. The fraction of sp³-hybridized carbons (Fsp3) is 0.938. The maximum Gasteiger partial charge on any atom is 0.165 e. The van der Waals surface area contributed by atoms with E-state index in [4.69, 9.17) is 0 Å². The summed E-state index contributed by atoms with van der Waals surface area (Å²) in [6, 6.07) is 0. The fourth-order valence-corrected chi connectivity index (χ4v) is 6.27. The molecule has 6 atom stereocenters. The van der Waals surface area contributed by atoms with Crippen LogP contribution < -0.4 is 0 Å². The van der Waals surface area contributed by atoms with Crippen LogP contribution in [0.2, 0.25) is 0 Å². The van der Waals surface area contributed by atoms with E-state index >= 15 is 0 Å². The van der Waals surface area contributed by atoms with Crippen molar-refractivity contribution in [2.45, 2.75) is 63.2 Å². The summed E-state index contributed by atoms with van der Waals surface area (Å²) in [6.07, 6.45) is 5.30. The molecule has 0 aromatic rings. The van der Waals surface area contributed by atoms with Gasteiger partial charge in [0.2, 0.25) is 0 Å². The van der Waals surface area contributed by atoms with Gasteiger partial charge < -0.3 is 10.2 Å². The number of aliphatic hydroxyl groups is 2. The zero-order valence-electron chi connectivity index (χ0n) is 12.3. The Morgan fingerprint density at radius 3 is 2.65 bits per heavy atom. The summed E-state index contributed by atoms with van der Waals surface area (Å²) in [7, 11) is 0. The molecular formula is C16H25NO3. The minimum Gasteiger partial charge on any atom is -0.381 e. The third-order valence-corrected chi connectivity index (χ3v) is 6.85. The van der Waals surface area contributed by atoms with Gasteiger partial charge in [0.15, 0.2) is 5.78 Å². The lowest BCUT2D eigenvalue weighted by atomic mass is 9.51. The summed E-state index contributed by atoms with van der Waals surface area (Å²) in [5.41, 5.74) is -2.84. The van der Waals surface area contributed by atoms with E-state index in [2.05, 4.69) is 11.8 Å². The third kappa shape index (κ3) is 1.23. The van der Waals surface area contributed by atoms with Gasteiger partial charge in [0.25, 0.3) is 0 Å². The number of hydrogen-bond acceptors (Lipinski definition) is 4. The monoisotopic (exact) mass is 279 g/mol. The first-order valence-electron chi connectivity index (χ1n) is 8.17. The maximum absolute atomic E-state index is 12.6. The van der Waals surface area contributed by atoms with Crippen LogP contribution in [0.15, 0.2) is 0 Å². The van der Waals surface area contributed by atoms with Gasteiger partial charge in [0, 0.05) is 19.5 Å². The van der Waals surface area contributed by atoms with Crippen molar-refractivity contribution in [1.29, 1.82) is 0 Å². The molecule has 4 rings (SSSR count). The first-order valence-corrected chi connectivity index (χ1v) is 8.17. The van der Waals surface area contributed by atoms with Crippen LogP contribution in [0, 0.1) is 17.3 Å². The Morgan fingerprint density at radius 2 is 1.90 bits per heavy atom. The lowest BCUT2D eigenvalue weighted by Crippen LogP contribution is -2.72. The van der Waals surface area contributed by atoms with E-state index in [9.17, 15) is 15.0 Å². The molecule has 4 nitrogen and oxygen atoms in total. The molecule has 0 radical (unpaired) electrons. The highest BCUT2D eigenvalue weighted by molar-refractivity contribution is 5.91. The van der Waals surface area contributed by atoms with Crippen LogP contribution >= 0.6 is 0 Å². The molecule has 2 saturated heterocycles. The quantitative estimate of drug-likeness (QED) is 0.702. The number of Topliss-reactive ketones (excluding diaryl/α,β-unsaturated/α-hetero) is 1. The molecule has 2 saturated carbocycles. The van der Waals surface area contributed by atoms with Crippen molar-refractivity contribution in [3.8, 4) is 0 Å². The summed E-state index contributed by atoms with van der Waals surface area (Å²) in [6.45, 7) is 3.89. The van der Waals surface area contributed by atoms with Gasteiger partial charge in [-0.05, 0) is 50.4 Å². The second-order valence-electron chi connectivity index (χ2n) is 7.71. The lowest BCUT2D eigenvalue weighted by Gasteiger charge is -2.63.